The molecule has 0 saturated heterocycles. The van der Waals surface area contributed by atoms with E-state index >= 15 is 0 Å². The molecule has 0 saturated carbocycles. The second kappa shape index (κ2) is 4.42. The average Bonchev–Trinajstić information content (AvgIpc) is 1.99. The molecule has 0 aliphatic carbocycles. The average molecular weight is 234 g/mol. The molecule has 2 nitrogen and oxygen atoms in total. The first kappa shape index (κ1) is 9.48. The lowest BCUT2D eigenvalue weighted by atomic mass is 10.3. The number of benzene rings is 1. The third-order valence-electron chi connectivity index (χ3n) is 1.22. The van der Waals surface area contributed by atoms with Crippen molar-refractivity contribution in [2.24, 2.45) is 5.73 Å². The summed E-state index contributed by atoms with van der Waals surface area (Å²) in [6, 6.07) is 4.38. The van der Waals surface area contributed by atoms with Crippen LogP contribution in [0.3, 0.4) is 0 Å². The second-order valence-electron chi connectivity index (χ2n) is 2.24. The molecule has 0 aliphatic rings. The number of hydrogen-bond donors (Lipinski definition) is 1. The second-order valence-corrected chi connectivity index (χ2v) is 3.16. The van der Waals surface area contributed by atoms with Gasteiger partial charge in [-0.25, -0.2) is 4.39 Å². The highest BCUT2D eigenvalue weighted by Gasteiger charge is 1.98. The summed E-state index contributed by atoms with van der Waals surface area (Å²) in [5, 5.41) is 0. The Morgan fingerprint density at radius 2 is 2.17 bits per heavy atom. The summed E-state index contributed by atoms with van der Waals surface area (Å²) in [4.78, 5) is 0. The topological polar surface area (TPSA) is 35.2 Å². The van der Waals surface area contributed by atoms with E-state index in [1.165, 1.54) is 12.1 Å². The molecule has 12 heavy (non-hydrogen) atoms. The van der Waals surface area contributed by atoms with Crippen LogP contribution in [-0.4, -0.2) is 13.2 Å². The van der Waals surface area contributed by atoms with Crippen LogP contribution in [0.5, 0.6) is 5.75 Å². The molecule has 0 amide bonds. The van der Waals surface area contributed by atoms with Gasteiger partial charge >= 0.3 is 0 Å². The molecule has 2 N–H and O–H groups in total. The zero-order valence-electron chi connectivity index (χ0n) is 6.39. The number of nitrogens with two attached hydrogens (primary N) is 1. The van der Waals surface area contributed by atoms with Gasteiger partial charge in [-0.3, -0.25) is 0 Å². The maximum Gasteiger partial charge on any atom is 0.128 e. The molecular weight excluding hydrogens is 225 g/mol. The van der Waals surface area contributed by atoms with Crippen molar-refractivity contribution in [3.05, 3.63) is 28.5 Å². The van der Waals surface area contributed by atoms with Gasteiger partial charge in [0, 0.05) is 17.1 Å². The minimum absolute atomic E-state index is 0.323. The van der Waals surface area contributed by atoms with Crippen molar-refractivity contribution in [2.45, 2.75) is 0 Å². The third-order valence-corrected chi connectivity index (χ3v) is 1.68. The van der Waals surface area contributed by atoms with Crippen molar-refractivity contribution in [3.8, 4) is 5.75 Å². The molecule has 66 valence electrons. The summed E-state index contributed by atoms with van der Waals surface area (Å²) >= 11 is 3.15. The van der Waals surface area contributed by atoms with E-state index in [-0.39, 0.29) is 5.82 Å². The Kier molecular flexibility index (Phi) is 3.49. The Balaban J connectivity index is 2.72. The number of rotatable bonds is 3. The maximum absolute atomic E-state index is 12.7. The highest BCUT2D eigenvalue weighted by atomic mass is 79.9. The van der Waals surface area contributed by atoms with Crippen molar-refractivity contribution >= 4 is 15.9 Å². The Hall–Kier alpha value is -0.610. The molecule has 0 unspecified atom stereocenters. The van der Waals surface area contributed by atoms with Gasteiger partial charge in [0.05, 0.1) is 0 Å². The van der Waals surface area contributed by atoms with Gasteiger partial charge in [0.2, 0.25) is 0 Å². The molecule has 0 fully saturated rings. The first-order valence-electron chi connectivity index (χ1n) is 3.51. The number of hydrogen-bond acceptors (Lipinski definition) is 2. The van der Waals surface area contributed by atoms with E-state index < -0.39 is 0 Å². The summed E-state index contributed by atoms with van der Waals surface area (Å²) in [6.45, 7) is 0.823. The van der Waals surface area contributed by atoms with Crippen LogP contribution in [0.25, 0.3) is 0 Å². The van der Waals surface area contributed by atoms with E-state index in [9.17, 15) is 4.39 Å². The van der Waals surface area contributed by atoms with Crippen molar-refractivity contribution in [1.82, 2.24) is 0 Å². The highest BCUT2D eigenvalue weighted by molar-refractivity contribution is 9.10. The zero-order chi connectivity index (χ0) is 8.97. The monoisotopic (exact) mass is 233 g/mol. The number of halogens is 2. The molecular formula is C8H9BrFNO. The summed E-state index contributed by atoms with van der Waals surface area (Å²) in [5.41, 5.74) is 5.22. The molecule has 0 bridgehead atoms. The molecule has 4 heteroatoms. The van der Waals surface area contributed by atoms with Crippen LogP contribution < -0.4 is 10.5 Å². The van der Waals surface area contributed by atoms with Crippen LogP contribution in [0.4, 0.5) is 4.39 Å². The van der Waals surface area contributed by atoms with Gasteiger partial charge < -0.3 is 10.5 Å². The van der Waals surface area contributed by atoms with E-state index in [4.69, 9.17) is 10.5 Å². The van der Waals surface area contributed by atoms with Crippen LogP contribution in [0.2, 0.25) is 0 Å². The van der Waals surface area contributed by atoms with Gasteiger partial charge in [-0.2, -0.15) is 0 Å². The first-order chi connectivity index (χ1) is 5.72. The Labute approximate surface area is 78.6 Å². The summed E-state index contributed by atoms with van der Waals surface area (Å²) in [5.74, 6) is 0.170. The summed E-state index contributed by atoms with van der Waals surface area (Å²) in [6.07, 6.45) is 0. The lowest BCUT2D eigenvalue weighted by molar-refractivity contribution is 0.326. The normalized spacial score (nSPS) is 9.92. The van der Waals surface area contributed by atoms with Crippen LogP contribution in [-0.2, 0) is 0 Å². The molecule has 0 atom stereocenters. The molecule has 1 rings (SSSR count). The summed E-state index contributed by atoms with van der Waals surface area (Å²) < 4.78 is 18.5. The Morgan fingerprint density at radius 1 is 1.42 bits per heavy atom. The van der Waals surface area contributed by atoms with Gasteiger partial charge in [0.15, 0.2) is 0 Å². The maximum atomic E-state index is 12.7. The zero-order valence-corrected chi connectivity index (χ0v) is 7.97. The molecule has 0 heterocycles. The van der Waals surface area contributed by atoms with Gasteiger partial charge in [-0.1, -0.05) is 15.9 Å². The minimum atomic E-state index is -0.323. The minimum Gasteiger partial charge on any atom is -0.492 e. The highest BCUT2D eigenvalue weighted by Crippen LogP contribution is 2.20. The molecule has 0 aliphatic heterocycles. The van der Waals surface area contributed by atoms with Crippen LogP contribution in [0.15, 0.2) is 22.7 Å². The van der Waals surface area contributed by atoms with Gasteiger partial charge in [0.1, 0.15) is 18.2 Å². The van der Waals surface area contributed by atoms with Crippen molar-refractivity contribution < 1.29 is 9.13 Å². The van der Waals surface area contributed by atoms with Crippen molar-refractivity contribution in [3.63, 3.8) is 0 Å². The first-order valence-corrected chi connectivity index (χ1v) is 4.30. The largest absolute Gasteiger partial charge is 0.492 e. The number of ether oxygens (including phenoxy) is 1. The smallest absolute Gasteiger partial charge is 0.128 e. The van der Waals surface area contributed by atoms with Crippen LogP contribution >= 0.6 is 15.9 Å². The van der Waals surface area contributed by atoms with E-state index in [0.29, 0.717) is 23.4 Å². The standard InChI is InChI=1S/C8H9BrFNO/c9-6-3-7(10)5-8(4-6)12-2-1-11/h3-5H,1-2,11H2. The predicted octanol–water partition coefficient (Wildman–Crippen LogP) is 1.93. The van der Waals surface area contributed by atoms with Gasteiger partial charge in [-0.05, 0) is 12.1 Å². The van der Waals surface area contributed by atoms with E-state index in [2.05, 4.69) is 15.9 Å². The molecule has 1 aromatic rings. The Bertz CT molecular complexity index is 247. The van der Waals surface area contributed by atoms with Gasteiger partial charge in [-0.15, -0.1) is 0 Å². The van der Waals surface area contributed by atoms with Crippen LogP contribution in [0, 0.1) is 5.82 Å². The van der Waals surface area contributed by atoms with Crippen molar-refractivity contribution in [1.29, 1.82) is 0 Å². The summed E-state index contributed by atoms with van der Waals surface area (Å²) in [7, 11) is 0. The SMILES string of the molecule is NCCOc1cc(F)cc(Br)c1. The fourth-order valence-corrected chi connectivity index (χ4v) is 1.23. The van der Waals surface area contributed by atoms with Crippen LogP contribution in [0.1, 0.15) is 0 Å². The molecule has 0 radical (unpaired) electrons. The predicted molar refractivity (Wildman–Crippen MR) is 48.6 cm³/mol. The molecule has 1 aromatic carbocycles. The van der Waals surface area contributed by atoms with Gasteiger partial charge in [0.25, 0.3) is 0 Å². The van der Waals surface area contributed by atoms with E-state index in [1.807, 2.05) is 0 Å². The van der Waals surface area contributed by atoms with Crippen molar-refractivity contribution in [2.75, 3.05) is 13.2 Å². The fourth-order valence-electron chi connectivity index (χ4n) is 0.789. The molecule has 0 spiro atoms. The molecule has 0 aromatic heterocycles. The lowest BCUT2D eigenvalue weighted by Gasteiger charge is -2.04. The Morgan fingerprint density at radius 3 is 2.75 bits per heavy atom. The van der Waals surface area contributed by atoms with E-state index in [1.54, 1.807) is 6.07 Å². The fraction of sp³-hybridized carbons (Fsp3) is 0.250. The van der Waals surface area contributed by atoms with E-state index in [0.717, 1.165) is 0 Å². The lowest BCUT2D eigenvalue weighted by Crippen LogP contribution is -2.10. The quantitative estimate of drug-likeness (QED) is 0.867. The third kappa shape index (κ3) is 2.79.